The van der Waals surface area contributed by atoms with Crippen molar-refractivity contribution >= 4 is 11.7 Å². The molecule has 0 aliphatic carbocycles. The zero-order valence-corrected chi connectivity index (χ0v) is 24.0. The van der Waals surface area contributed by atoms with Crippen LogP contribution in [0, 0.1) is 11.8 Å². The van der Waals surface area contributed by atoms with Crippen LogP contribution in [0.1, 0.15) is 61.3 Å². The number of hydrogen-bond acceptors (Lipinski definition) is 5. The molecule has 5 rings (SSSR count). The maximum absolute atomic E-state index is 11.9. The van der Waals surface area contributed by atoms with Crippen molar-refractivity contribution in [1.82, 2.24) is 4.90 Å². The minimum Gasteiger partial charge on any atom is -0.489 e. The molecule has 5 heteroatoms. The number of esters is 1. The number of ether oxygens (including phenoxy) is 2. The maximum Gasteiger partial charge on any atom is 0.307 e. The smallest absolute Gasteiger partial charge is 0.307 e. The summed E-state index contributed by atoms with van der Waals surface area (Å²) in [6.07, 6.45) is 2.69. The average Bonchev–Trinajstić information content (AvgIpc) is 3.25. The summed E-state index contributed by atoms with van der Waals surface area (Å²) in [6, 6.07) is 25.6. The fourth-order valence-electron chi connectivity index (χ4n) is 6.22. The number of para-hydroxylation sites is 1. The van der Waals surface area contributed by atoms with Crippen molar-refractivity contribution in [3.05, 3.63) is 95.1 Å². The van der Waals surface area contributed by atoms with E-state index in [-0.39, 0.29) is 18.3 Å². The van der Waals surface area contributed by atoms with Gasteiger partial charge in [0, 0.05) is 31.2 Å². The Labute approximate surface area is 239 Å². The number of nitrogens with zero attached hydrogens (tertiary/aromatic N) is 2. The molecular formula is C35H40N2O3. The minimum absolute atomic E-state index is 0.175. The molecule has 1 fully saturated rings. The second-order valence-corrected chi connectivity index (χ2v) is 11.1. The number of hydrogen-bond donors (Lipinski definition) is 0. The fraction of sp³-hybridized carbons (Fsp3) is 0.400. The molecule has 2 aliphatic heterocycles. The molecule has 0 radical (unpaired) electrons. The second kappa shape index (κ2) is 12.6. The quantitative estimate of drug-likeness (QED) is 0.237. The van der Waals surface area contributed by atoms with Crippen molar-refractivity contribution in [2.45, 2.75) is 57.6 Å². The van der Waals surface area contributed by atoms with Crippen molar-refractivity contribution < 1.29 is 14.3 Å². The topological polar surface area (TPSA) is 42.0 Å². The van der Waals surface area contributed by atoms with Gasteiger partial charge in [-0.25, -0.2) is 0 Å². The number of fused-ring (bicyclic) bond motifs is 2. The highest BCUT2D eigenvalue weighted by molar-refractivity contribution is 5.71. The van der Waals surface area contributed by atoms with E-state index in [0.717, 1.165) is 43.1 Å². The Bertz CT molecular complexity index is 1350. The summed E-state index contributed by atoms with van der Waals surface area (Å²) in [7, 11) is 2.23. The molecule has 1 spiro atoms. The van der Waals surface area contributed by atoms with Gasteiger partial charge in [-0.1, -0.05) is 60.5 Å². The summed E-state index contributed by atoms with van der Waals surface area (Å²) in [5, 5.41) is 0. The van der Waals surface area contributed by atoms with Crippen molar-refractivity contribution in [3.8, 4) is 17.6 Å². The van der Waals surface area contributed by atoms with Crippen LogP contribution in [0.15, 0.2) is 72.8 Å². The van der Waals surface area contributed by atoms with E-state index in [4.69, 9.17) is 9.47 Å². The molecule has 1 saturated heterocycles. The molecule has 2 aliphatic rings. The first kappa shape index (κ1) is 27.8. The van der Waals surface area contributed by atoms with Crippen molar-refractivity contribution in [2.24, 2.45) is 0 Å². The highest BCUT2D eigenvalue weighted by Gasteiger charge is 2.43. The van der Waals surface area contributed by atoms with E-state index in [1.807, 2.05) is 31.2 Å². The van der Waals surface area contributed by atoms with E-state index in [2.05, 4.69) is 77.2 Å². The number of rotatable bonds is 9. The number of benzene rings is 3. The summed E-state index contributed by atoms with van der Waals surface area (Å²) in [5.41, 5.74) is 6.75. The Balaban J connectivity index is 1.11. The molecular weight excluding hydrogens is 496 g/mol. The number of piperidine rings is 1. The molecule has 3 aromatic rings. The third-order valence-corrected chi connectivity index (χ3v) is 8.35. The molecule has 3 aromatic carbocycles. The van der Waals surface area contributed by atoms with Crippen LogP contribution >= 0.6 is 0 Å². The Morgan fingerprint density at radius 3 is 2.38 bits per heavy atom. The molecule has 208 valence electrons. The first-order chi connectivity index (χ1) is 19.5. The SMILES string of the molecule is CC#C[C@@H](CC(=O)OCC)c1ccc(OCc2ccc(CN3CCC4(CC3)CN(C)c3ccccc34)cc2)cc1. The number of likely N-dealkylation sites (N-methyl/N-ethyl adjacent to an activating group) is 1. The molecule has 0 aromatic heterocycles. The maximum atomic E-state index is 11.9. The molecule has 40 heavy (non-hydrogen) atoms. The van der Waals surface area contributed by atoms with Gasteiger partial charge in [-0.05, 0) is 80.2 Å². The summed E-state index contributed by atoms with van der Waals surface area (Å²) >= 11 is 0. The van der Waals surface area contributed by atoms with E-state index >= 15 is 0 Å². The molecule has 0 N–H and O–H groups in total. The molecule has 0 amide bonds. The van der Waals surface area contributed by atoms with Crippen LogP contribution in [-0.2, 0) is 28.1 Å². The lowest BCUT2D eigenvalue weighted by atomic mass is 9.74. The van der Waals surface area contributed by atoms with E-state index in [0.29, 0.717) is 18.6 Å². The Morgan fingerprint density at radius 1 is 0.975 bits per heavy atom. The molecule has 0 unspecified atom stereocenters. The van der Waals surface area contributed by atoms with Crippen molar-refractivity contribution in [3.63, 3.8) is 0 Å². The van der Waals surface area contributed by atoms with Crippen molar-refractivity contribution in [2.75, 3.05) is 38.2 Å². The zero-order chi connectivity index (χ0) is 28.0. The highest BCUT2D eigenvalue weighted by atomic mass is 16.5. The molecule has 1 atom stereocenters. The first-order valence-corrected chi connectivity index (χ1v) is 14.4. The van der Waals surface area contributed by atoms with Gasteiger partial charge in [0.2, 0.25) is 0 Å². The zero-order valence-electron chi connectivity index (χ0n) is 24.0. The Morgan fingerprint density at radius 2 is 1.68 bits per heavy atom. The van der Waals surface area contributed by atoms with Crippen LogP contribution < -0.4 is 9.64 Å². The van der Waals surface area contributed by atoms with Crippen LogP contribution in [0.5, 0.6) is 5.75 Å². The van der Waals surface area contributed by atoms with Gasteiger partial charge in [-0.3, -0.25) is 9.69 Å². The van der Waals surface area contributed by atoms with Gasteiger partial charge in [0.15, 0.2) is 0 Å². The van der Waals surface area contributed by atoms with Crippen LogP contribution in [0.2, 0.25) is 0 Å². The van der Waals surface area contributed by atoms with Crippen LogP contribution in [0.3, 0.4) is 0 Å². The van der Waals surface area contributed by atoms with Crippen LogP contribution in [-0.4, -0.2) is 44.2 Å². The predicted molar refractivity (Wildman–Crippen MR) is 161 cm³/mol. The lowest BCUT2D eigenvalue weighted by Gasteiger charge is -2.40. The predicted octanol–water partition coefficient (Wildman–Crippen LogP) is 6.31. The van der Waals surface area contributed by atoms with E-state index in [9.17, 15) is 4.79 Å². The summed E-state index contributed by atoms with van der Waals surface area (Å²) < 4.78 is 11.1. The average molecular weight is 537 g/mol. The third kappa shape index (κ3) is 6.35. The number of likely N-dealkylation sites (tertiary alicyclic amines) is 1. The number of carbonyl (C=O) groups is 1. The first-order valence-electron chi connectivity index (χ1n) is 14.4. The second-order valence-electron chi connectivity index (χ2n) is 11.1. The number of carbonyl (C=O) groups excluding carboxylic acids is 1. The minimum atomic E-state index is -0.226. The van der Waals surface area contributed by atoms with Crippen LogP contribution in [0.25, 0.3) is 0 Å². The van der Waals surface area contributed by atoms with E-state index in [1.165, 1.54) is 24.1 Å². The van der Waals surface area contributed by atoms with E-state index in [1.54, 1.807) is 12.5 Å². The third-order valence-electron chi connectivity index (χ3n) is 8.35. The highest BCUT2D eigenvalue weighted by Crippen LogP contribution is 2.46. The normalized spacial score (nSPS) is 16.6. The Hall–Kier alpha value is -3.75. The van der Waals surface area contributed by atoms with Gasteiger partial charge >= 0.3 is 5.97 Å². The molecule has 0 saturated carbocycles. The molecule has 5 nitrogen and oxygen atoms in total. The van der Waals surface area contributed by atoms with E-state index < -0.39 is 0 Å². The number of anilines is 1. The molecule has 0 bridgehead atoms. The lowest BCUT2D eigenvalue weighted by molar-refractivity contribution is -0.143. The van der Waals surface area contributed by atoms with Gasteiger partial charge in [0.25, 0.3) is 0 Å². The standard InChI is InChI=1S/C35H40N2O3/c1-4-8-30(23-34(38)39-5-2)29-15-17-31(18-16-29)40-25-28-13-11-27(12-14-28)24-37-21-19-35(20-22-37)26-36(3)33-10-7-6-9-32(33)35/h6-7,9-18,30H,5,19-26H2,1-3H3/t30-/m0/s1. The monoisotopic (exact) mass is 536 g/mol. The summed E-state index contributed by atoms with van der Waals surface area (Å²) in [4.78, 5) is 17.0. The summed E-state index contributed by atoms with van der Waals surface area (Å²) in [6.45, 7) is 8.89. The molecule has 2 heterocycles. The van der Waals surface area contributed by atoms with Gasteiger partial charge in [-0.15, -0.1) is 5.92 Å². The van der Waals surface area contributed by atoms with Gasteiger partial charge in [0.05, 0.1) is 18.9 Å². The van der Waals surface area contributed by atoms with Gasteiger partial charge in [0.1, 0.15) is 12.4 Å². The Kier molecular flexibility index (Phi) is 8.77. The van der Waals surface area contributed by atoms with Gasteiger partial charge in [-0.2, -0.15) is 0 Å². The van der Waals surface area contributed by atoms with Gasteiger partial charge < -0.3 is 14.4 Å². The van der Waals surface area contributed by atoms with Crippen molar-refractivity contribution in [1.29, 1.82) is 0 Å². The van der Waals surface area contributed by atoms with Crippen LogP contribution in [0.4, 0.5) is 5.69 Å². The lowest BCUT2D eigenvalue weighted by Crippen LogP contribution is -2.44. The fourth-order valence-corrected chi connectivity index (χ4v) is 6.22. The largest absolute Gasteiger partial charge is 0.489 e. The summed E-state index contributed by atoms with van der Waals surface area (Å²) in [5.74, 6) is 6.45.